The Hall–Kier alpha value is -1.08. The number of aromatic nitrogens is 2. The summed E-state index contributed by atoms with van der Waals surface area (Å²) >= 11 is 5.62. The number of halogens is 1. The molecular formula is C12H18ClN3O3S. The molecule has 0 aliphatic carbocycles. The van der Waals surface area contributed by atoms with Crippen LogP contribution in [0.2, 0.25) is 0 Å². The van der Waals surface area contributed by atoms with Crippen LogP contribution in [0, 0.1) is 0 Å². The van der Waals surface area contributed by atoms with Crippen LogP contribution in [-0.4, -0.2) is 58.7 Å². The van der Waals surface area contributed by atoms with Gasteiger partial charge in [0.2, 0.25) is 5.91 Å². The molecule has 1 fully saturated rings. The maximum atomic E-state index is 11.9. The Morgan fingerprint density at radius 3 is 2.85 bits per heavy atom. The number of carbonyl (C=O) groups excluding carboxylic acids is 1. The summed E-state index contributed by atoms with van der Waals surface area (Å²) in [5, 5.41) is 0. The van der Waals surface area contributed by atoms with Crippen molar-refractivity contribution in [2.45, 2.75) is 25.4 Å². The standard InChI is InChI=1S/C12H18ClN3O3S/c13-8-12(17)16(11-2-7-20(18,19)9-11)5-1-4-15-6-3-14-10-15/h3,6,10-11H,1-2,4-5,7-9H2/t11-/m1/s1. The molecule has 8 heteroatoms. The first-order valence-corrected chi connectivity index (χ1v) is 8.89. The maximum absolute atomic E-state index is 11.9. The van der Waals surface area contributed by atoms with E-state index in [1.807, 2.05) is 10.8 Å². The summed E-state index contributed by atoms with van der Waals surface area (Å²) < 4.78 is 25.0. The van der Waals surface area contributed by atoms with Crippen LogP contribution in [-0.2, 0) is 21.2 Å². The van der Waals surface area contributed by atoms with Gasteiger partial charge in [-0.25, -0.2) is 13.4 Å². The van der Waals surface area contributed by atoms with Gasteiger partial charge in [0.05, 0.1) is 17.8 Å². The van der Waals surface area contributed by atoms with Crippen molar-refractivity contribution in [2.75, 3.05) is 23.9 Å². The second-order valence-corrected chi connectivity index (χ2v) is 7.43. The van der Waals surface area contributed by atoms with Crippen molar-refractivity contribution in [3.63, 3.8) is 0 Å². The number of amides is 1. The zero-order chi connectivity index (χ0) is 14.6. The Morgan fingerprint density at radius 2 is 2.30 bits per heavy atom. The number of alkyl halides is 1. The minimum absolute atomic E-state index is 0.0563. The first kappa shape index (κ1) is 15.3. The average Bonchev–Trinajstić information content (AvgIpc) is 3.03. The van der Waals surface area contributed by atoms with Crippen molar-refractivity contribution in [2.24, 2.45) is 0 Å². The largest absolute Gasteiger partial charge is 0.338 e. The molecule has 1 amide bonds. The van der Waals surface area contributed by atoms with Gasteiger partial charge in [-0.15, -0.1) is 11.6 Å². The van der Waals surface area contributed by atoms with E-state index in [0.29, 0.717) is 13.0 Å². The molecule has 2 rings (SSSR count). The van der Waals surface area contributed by atoms with Crippen molar-refractivity contribution >= 4 is 27.3 Å². The number of carbonyl (C=O) groups is 1. The molecule has 0 saturated carbocycles. The van der Waals surface area contributed by atoms with Crippen molar-refractivity contribution in [3.8, 4) is 0 Å². The molecule has 0 unspecified atom stereocenters. The van der Waals surface area contributed by atoms with Crippen LogP contribution >= 0.6 is 11.6 Å². The van der Waals surface area contributed by atoms with Crippen LogP contribution in [0.5, 0.6) is 0 Å². The van der Waals surface area contributed by atoms with E-state index >= 15 is 0 Å². The maximum Gasteiger partial charge on any atom is 0.237 e. The lowest BCUT2D eigenvalue weighted by Gasteiger charge is -2.27. The molecule has 0 N–H and O–H groups in total. The third kappa shape index (κ3) is 3.96. The van der Waals surface area contributed by atoms with E-state index in [4.69, 9.17) is 11.6 Å². The molecular weight excluding hydrogens is 302 g/mol. The molecule has 1 aromatic rings. The molecule has 2 heterocycles. The summed E-state index contributed by atoms with van der Waals surface area (Å²) in [6.07, 6.45) is 6.53. The highest BCUT2D eigenvalue weighted by molar-refractivity contribution is 7.91. The van der Waals surface area contributed by atoms with E-state index in [9.17, 15) is 13.2 Å². The molecule has 20 heavy (non-hydrogen) atoms. The van der Waals surface area contributed by atoms with Gasteiger partial charge in [0, 0.05) is 31.5 Å². The van der Waals surface area contributed by atoms with Gasteiger partial charge in [0.1, 0.15) is 5.88 Å². The Bertz CT molecular complexity index is 544. The van der Waals surface area contributed by atoms with Crippen molar-refractivity contribution in [1.29, 1.82) is 0 Å². The molecule has 1 aliphatic rings. The molecule has 1 atom stereocenters. The predicted octanol–water partition coefficient (Wildman–Crippen LogP) is 0.528. The van der Waals surface area contributed by atoms with Crippen molar-refractivity contribution < 1.29 is 13.2 Å². The van der Waals surface area contributed by atoms with Gasteiger partial charge in [-0.1, -0.05) is 0 Å². The van der Waals surface area contributed by atoms with Gasteiger partial charge in [-0.05, 0) is 12.8 Å². The van der Waals surface area contributed by atoms with Crippen LogP contribution in [0.1, 0.15) is 12.8 Å². The Morgan fingerprint density at radius 1 is 1.50 bits per heavy atom. The van der Waals surface area contributed by atoms with Gasteiger partial charge in [0.25, 0.3) is 0 Å². The van der Waals surface area contributed by atoms with Crippen LogP contribution < -0.4 is 0 Å². The average molecular weight is 320 g/mol. The summed E-state index contributed by atoms with van der Waals surface area (Å²) in [5.74, 6) is -0.0903. The van der Waals surface area contributed by atoms with E-state index in [1.165, 1.54) is 0 Å². The Balaban J connectivity index is 1.92. The number of aryl methyl sites for hydroxylation is 1. The first-order valence-electron chi connectivity index (χ1n) is 6.53. The molecule has 112 valence electrons. The predicted molar refractivity (Wildman–Crippen MR) is 76.3 cm³/mol. The molecule has 0 aromatic carbocycles. The fraction of sp³-hybridized carbons (Fsp3) is 0.667. The van der Waals surface area contributed by atoms with E-state index in [1.54, 1.807) is 17.4 Å². The van der Waals surface area contributed by atoms with Crippen LogP contribution in [0.25, 0.3) is 0 Å². The molecule has 0 spiro atoms. The Kier molecular flexibility index (Phi) is 5.04. The highest BCUT2D eigenvalue weighted by Crippen LogP contribution is 2.18. The minimum Gasteiger partial charge on any atom is -0.338 e. The molecule has 0 radical (unpaired) electrons. The highest BCUT2D eigenvalue weighted by atomic mass is 35.5. The molecule has 1 aromatic heterocycles. The van der Waals surface area contributed by atoms with E-state index in [-0.39, 0.29) is 29.3 Å². The number of imidazole rings is 1. The Labute approximate surface area is 123 Å². The molecule has 1 saturated heterocycles. The molecule has 0 bridgehead atoms. The highest BCUT2D eigenvalue weighted by Gasteiger charge is 2.33. The lowest BCUT2D eigenvalue weighted by atomic mass is 10.2. The quantitative estimate of drug-likeness (QED) is 0.717. The second kappa shape index (κ2) is 6.58. The number of sulfone groups is 1. The van der Waals surface area contributed by atoms with E-state index in [0.717, 1.165) is 13.0 Å². The number of rotatable bonds is 6. The SMILES string of the molecule is O=C(CCl)N(CCCn1ccnc1)[C@@H]1CCS(=O)(=O)C1. The third-order valence-corrected chi connectivity index (χ3v) is 5.44. The zero-order valence-electron chi connectivity index (χ0n) is 11.1. The fourth-order valence-electron chi connectivity index (χ4n) is 2.45. The van der Waals surface area contributed by atoms with Crippen molar-refractivity contribution in [3.05, 3.63) is 18.7 Å². The normalized spacial score (nSPS) is 20.9. The first-order chi connectivity index (χ1) is 9.52. The third-order valence-electron chi connectivity index (χ3n) is 3.46. The summed E-state index contributed by atoms with van der Waals surface area (Å²) in [7, 11) is -3.00. The lowest BCUT2D eigenvalue weighted by Crippen LogP contribution is -2.42. The summed E-state index contributed by atoms with van der Waals surface area (Å²) in [4.78, 5) is 17.5. The topological polar surface area (TPSA) is 72.3 Å². The van der Waals surface area contributed by atoms with Crippen LogP contribution in [0.3, 0.4) is 0 Å². The number of hydrogen-bond acceptors (Lipinski definition) is 4. The van der Waals surface area contributed by atoms with Gasteiger partial charge in [0.15, 0.2) is 9.84 Å². The van der Waals surface area contributed by atoms with Crippen molar-refractivity contribution in [1.82, 2.24) is 14.5 Å². The molecule has 1 aliphatic heterocycles. The fourth-order valence-corrected chi connectivity index (χ4v) is 4.34. The minimum atomic E-state index is -3.00. The molecule has 6 nitrogen and oxygen atoms in total. The van der Waals surface area contributed by atoms with Crippen LogP contribution in [0.4, 0.5) is 0 Å². The second-order valence-electron chi connectivity index (χ2n) is 4.93. The summed E-state index contributed by atoms with van der Waals surface area (Å²) in [6, 6.07) is -0.228. The van der Waals surface area contributed by atoms with E-state index in [2.05, 4.69) is 4.98 Å². The van der Waals surface area contributed by atoms with Gasteiger partial charge in [-0.2, -0.15) is 0 Å². The lowest BCUT2D eigenvalue weighted by molar-refractivity contribution is -0.130. The number of hydrogen-bond donors (Lipinski definition) is 0. The van der Waals surface area contributed by atoms with Gasteiger partial charge >= 0.3 is 0 Å². The number of nitrogens with zero attached hydrogens (tertiary/aromatic N) is 3. The summed E-state index contributed by atoms with van der Waals surface area (Å²) in [5.41, 5.74) is 0. The monoisotopic (exact) mass is 319 g/mol. The van der Waals surface area contributed by atoms with E-state index < -0.39 is 9.84 Å². The van der Waals surface area contributed by atoms with Gasteiger partial charge in [-0.3, -0.25) is 4.79 Å². The van der Waals surface area contributed by atoms with Crippen LogP contribution in [0.15, 0.2) is 18.7 Å². The smallest absolute Gasteiger partial charge is 0.237 e. The summed E-state index contributed by atoms with van der Waals surface area (Å²) in [6.45, 7) is 1.26. The zero-order valence-corrected chi connectivity index (χ0v) is 12.7. The van der Waals surface area contributed by atoms with Gasteiger partial charge < -0.3 is 9.47 Å².